The van der Waals surface area contributed by atoms with Crippen molar-refractivity contribution in [1.82, 2.24) is 15.3 Å². The molecule has 1 fully saturated rings. The predicted molar refractivity (Wildman–Crippen MR) is 75.3 cm³/mol. The summed E-state index contributed by atoms with van der Waals surface area (Å²) in [5.74, 6) is 0.460. The van der Waals surface area contributed by atoms with Crippen LogP contribution in [0.3, 0.4) is 0 Å². The summed E-state index contributed by atoms with van der Waals surface area (Å²) in [5.41, 5.74) is 1.27. The molecule has 0 bridgehead atoms. The van der Waals surface area contributed by atoms with E-state index >= 15 is 0 Å². The molecular weight excluding hydrogens is 240 g/mol. The number of hydrogen-bond donors (Lipinski definition) is 2. The van der Waals surface area contributed by atoms with Gasteiger partial charge in [0, 0.05) is 18.3 Å². The van der Waals surface area contributed by atoms with E-state index in [1.54, 1.807) is 6.07 Å². The Hall–Kier alpha value is -1.65. The third-order valence-electron chi connectivity index (χ3n) is 3.06. The minimum atomic E-state index is -0.0930. The summed E-state index contributed by atoms with van der Waals surface area (Å²) in [6.45, 7) is 4.90. The fourth-order valence-corrected chi connectivity index (χ4v) is 1.83. The van der Waals surface area contributed by atoms with Gasteiger partial charge in [0.1, 0.15) is 5.69 Å². The lowest BCUT2D eigenvalue weighted by Crippen LogP contribution is -2.27. The van der Waals surface area contributed by atoms with Gasteiger partial charge in [0.2, 0.25) is 5.95 Å². The van der Waals surface area contributed by atoms with Crippen LogP contribution in [0.15, 0.2) is 6.07 Å². The summed E-state index contributed by atoms with van der Waals surface area (Å²) in [6.07, 6.45) is 5.63. The van der Waals surface area contributed by atoms with Crippen LogP contribution in [0.2, 0.25) is 0 Å². The van der Waals surface area contributed by atoms with Gasteiger partial charge in [0.15, 0.2) is 0 Å². The second kappa shape index (κ2) is 6.50. The molecule has 0 saturated heterocycles. The minimum absolute atomic E-state index is 0.0930. The van der Waals surface area contributed by atoms with Gasteiger partial charge in [-0.2, -0.15) is 0 Å². The Morgan fingerprint density at radius 2 is 2.16 bits per heavy atom. The quantitative estimate of drug-likeness (QED) is 0.740. The maximum absolute atomic E-state index is 11.9. The molecule has 0 aliphatic heterocycles. The van der Waals surface area contributed by atoms with Crippen LogP contribution in [0.5, 0.6) is 0 Å². The van der Waals surface area contributed by atoms with Crippen LogP contribution in [0.25, 0.3) is 0 Å². The number of anilines is 1. The number of aromatic nitrogens is 2. The zero-order chi connectivity index (χ0) is 13.7. The Labute approximate surface area is 114 Å². The third kappa shape index (κ3) is 4.50. The monoisotopic (exact) mass is 262 g/mol. The van der Waals surface area contributed by atoms with E-state index in [2.05, 4.69) is 27.5 Å². The van der Waals surface area contributed by atoms with Gasteiger partial charge in [-0.25, -0.2) is 9.97 Å². The number of rotatable bonds is 7. The molecule has 0 spiro atoms. The molecule has 1 aromatic rings. The van der Waals surface area contributed by atoms with Crippen molar-refractivity contribution in [2.24, 2.45) is 0 Å². The van der Waals surface area contributed by atoms with Gasteiger partial charge >= 0.3 is 0 Å². The SMILES string of the molecule is CCCCCNc1nc(C)cc(C(=O)NC2CC2)n1. The number of nitrogens with one attached hydrogen (secondary N) is 2. The first-order valence-corrected chi connectivity index (χ1v) is 7.09. The van der Waals surface area contributed by atoms with Gasteiger partial charge in [-0.1, -0.05) is 19.8 Å². The van der Waals surface area contributed by atoms with Crippen molar-refractivity contribution in [3.63, 3.8) is 0 Å². The summed E-state index contributed by atoms with van der Waals surface area (Å²) in [4.78, 5) is 20.5. The number of aryl methyl sites for hydroxylation is 1. The Bertz CT molecular complexity index is 443. The van der Waals surface area contributed by atoms with E-state index in [0.717, 1.165) is 31.5 Å². The number of hydrogen-bond acceptors (Lipinski definition) is 4. The Morgan fingerprint density at radius 1 is 1.37 bits per heavy atom. The van der Waals surface area contributed by atoms with Crippen LogP contribution < -0.4 is 10.6 Å². The molecule has 1 amide bonds. The molecule has 104 valence electrons. The fourth-order valence-electron chi connectivity index (χ4n) is 1.83. The second-order valence-electron chi connectivity index (χ2n) is 5.10. The summed E-state index contributed by atoms with van der Waals surface area (Å²) >= 11 is 0. The maximum atomic E-state index is 11.9. The van der Waals surface area contributed by atoms with E-state index in [0.29, 0.717) is 17.7 Å². The molecule has 0 aromatic carbocycles. The predicted octanol–water partition coefficient (Wildman–Crippen LogP) is 2.28. The number of nitrogens with zero attached hydrogens (tertiary/aromatic N) is 2. The summed E-state index contributed by atoms with van der Waals surface area (Å²) < 4.78 is 0. The number of amides is 1. The molecule has 0 radical (unpaired) electrons. The largest absolute Gasteiger partial charge is 0.354 e. The maximum Gasteiger partial charge on any atom is 0.270 e. The molecule has 5 nitrogen and oxygen atoms in total. The molecule has 1 aliphatic rings. The van der Waals surface area contributed by atoms with Crippen molar-refractivity contribution in [2.75, 3.05) is 11.9 Å². The van der Waals surface area contributed by atoms with Crippen molar-refractivity contribution in [3.8, 4) is 0 Å². The summed E-state index contributed by atoms with van der Waals surface area (Å²) in [7, 11) is 0. The lowest BCUT2D eigenvalue weighted by Gasteiger charge is -2.08. The van der Waals surface area contributed by atoms with E-state index in [1.807, 2.05) is 6.92 Å². The van der Waals surface area contributed by atoms with Gasteiger partial charge < -0.3 is 10.6 Å². The van der Waals surface area contributed by atoms with Crippen molar-refractivity contribution in [3.05, 3.63) is 17.5 Å². The highest BCUT2D eigenvalue weighted by atomic mass is 16.2. The van der Waals surface area contributed by atoms with Crippen LogP contribution in [-0.2, 0) is 0 Å². The highest BCUT2D eigenvalue weighted by Gasteiger charge is 2.24. The number of unbranched alkanes of at least 4 members (excludes halogenated alkanes) is 2. The molecule has 1 heterocycles. The molecule has 0 atom stereocenters. The van der Waals surface area contributed by atoms with Crippen molar-refractivity contribution in [2.45, 2.75) is 52.0 Å². The average Bonchev–Trinajstić information content (AvgIpc) is 3.18. The van der Waals surface area contributed by atoms with Gasteiger partial charge in [0.25, 0.3) is 5.91 Å². The van der Waals surface area contributed by atoms with Gasteiger partial charge in [0.05, 0.1) is 0 Å². The van der Waals surface area contributed by atoms with Gasteiger partial charge in [-0.3, -0.25) is 4.79 Å². The van der Waals surface area contributed by atoms with Crippen molar-refractivity contribution >= 4 is 11.9 Å². The molecule has 1 aromatic heterocycles. The molecule has 2 rings (SSSR count). The van der Waals surface area contributed by atoms with Crippen LogP contribution in [0.1, 0.15) is 55.2 Å². The van der Waals surface area contributed by atoms with E-state index in [9.17, 15) is 4.79 Å². The van der Waals surface area contributed by atoms with Gasteiger partial charge in [-0.05, 0) is 32.3 Å². The average molecular weight is 262 g/mol. The topological polar surface area (TPSA) is 66.9 Å². The second-order valence-corrected chi connectivity index (χ2v) is 5.10. The Balaban J connectivity index is 1.95. The minimum Gasteiger partial charge on any atom is -0.354 e. The molecule has 0 unspecified atom stereocenters. The van der Waals surface area contributed by atoms with Crippen LogP contribution >= 0.6 is 0 Å². The third-order valence-corrected chi connectivity index (χ3v) is 3.06. The Morgan fingerprint density at radius 3 is 2.84 bits per heavy atom. The fraction of sp³-hybridized carbons (Fsp3) is 0.643. The van der Waals surface area contributed by atoms with E-state index in [4.69, 9.17) is 0 Å². The lowest BCUT2D eigenvalue weighted by molar-refractivity contribution is 0.0946. The molecule has 5 heteroatoms. The van der Waals surface area contributed by atoms with Gasteiger partial charge in [-0.15, -0.1) is 0 Å². The van der Waals surface area contributed by atoms with E-state index in [-0.39, 0.29) is 5.91 Å². The normalized spacial score (nSPS) is 14.2. The highest BCUT2D eigenvalue weighted by molar-refractivity contribution is 5.93. The van der Waals surface area contributed by atoms with Crippen molar-refractivity contribution in [1.29, 1.82) is 0 Å². The standard InChI is InChI=1S/C14H22N4O/c1-3-4-5-8-15-14-16-10(2)9-12(18-14)13(19)17-11-6-7-11/h9,11H,3-8H2,1-2H3,(H,17,19)(H,15,16,18). The van der Waals surface area contributed by atoms with Crippen molar-refractivity contribution < 1.29 is 4.79 Å². The lowest BCUT2D eigenvalue weighted by atomic mass is 10.2. The van der Waals surface area contributed by atoms with E-state index < -0.39 is 0 Å². The first kappa shape index (κ1) is 13.8. The molecule has 19 heavy (non-hydrogen) atoms. The summed E-state index contributed by atoms with van der Waals surface area (Å²) in [5, 5.41) is 6.13. The summed E-state index contributed by atoms with van der Waals surface area (Å²) in [6, 6.07) is 2.08. The first-order chi connectivity index (χ1) is 9.19. The first-order valence-electron chi connectivity index (χ1n) is 7.09. The number of carbonyl (C=O) groups is 1. The van der Waals surface area contributed by atoms with Crippen LogP contribution in [0, 0.1) is 6.92 Å². The highest BCUT2D eigenvalue weighted by Crippen LogP contribution is 2.19. The molecule has 1 saturated carbocycles. The van der Waals surface area contributed by atoms with Crippen LogP contribution in [0.4, 0.5) is 5.95 Å². The smallest absolute Gasteiger partial charge is 0.270 e. The van der Waals surface area contributed by atoms with E-state index in [1.165, 1.54) is 12.8 Å². The molecule has 2 N–H and O–H groups in total. The Kier molecular flexibility index (Phi) is 4.71. The van der Waals surface area contributed by atoms with Crippen LogP contribution in [-0.4, -0.2) is 28.5 Å². The molecule has 1 aliphatic carbocycles. The zero-order valence-electron chi connectivity index (χ0n) is 11.7. The number of carbonyl (C=O) groups excluding carboxylic acids is 1. The molecular formula is C14H22N4O. The zero-order valence-corrected chi connectivity index (χ0v) is 11.7.